The summed E-state index contributed by atoms with van der Waals surface area (Å²) in [5.74, 6) is -2.82. The molecule has 7 atom stereocenters. The van der Waals surface area contributed by atoms with Crippen LogP contribution < -0.4 is 32.7 Å². The van der Waals surface area contributed by atoms with E-state index in [1.54, 1.807) is 27.7 Å². The Morgan fingerprint density at radius 1 is 0.727 bits per heavy atom. The molecule has 11 N–H and O–H groups in total. The molecule has 15 heteroatoms. The molecule has 1 saturated carbocycles. The van der Waals surface area contributed by atoms with Gasteiger partial charge in [-0.15, -0.1) is 0 Å². The molecule has 256 valence electrons. The van der Waals surface area contributed by atoms with E-state index in [1.807, 2.05) is 0 Å². The third kappa shape index (κ3) is 12.4. The van der Waals surface area contributed by atoms with Gasteiger partial charge in [-0.1, -0.05) is 47.0 Å². The zero-order valence-electron chi connectivity index (χ0n) is 27.1. The van der Waals surface area contributed by atoms with Gasteiger partial charge in [-0.05, 0) is 57.3 Å². The molecule has 0 aliphatic heterocycles. The highest BCUT2D eigenvalue weighted by molar-refractivity contribution is 7.40. The summed E-state index contributed by atoms with van der Waals surface area (Å²) in [5.41, 5.74) is 11.2. The molecular weight excluding hydrogens is 591 g/mol. The number of hydrogen-bond donors (Lipinski definition) is 9. The molecule has 0 aromatic heterocycles. The zero-order valence-corrected chi connectivity index (χ0v) is 28.1. The average molecular weight is 649 g/mol. The van der Waals surface area contributed by atoms with Crippen LogP contribution in [0, 0.1) is 17.8 Å². The second-order valence-electron chi connectivity index (χ2n) is 13.0. The van der Waals surface area contributed by atoms with Gasteiger partial charge in [0.25, 0.3) is 0 Å². The van der Waals surface area contributed by atoms with Crippen molar-refractivity contribution in [2.24, 2.45) is 29.2 Å². The van der Waals surface area contributed by atoms with E-state index >= 15 is 0 Å². The van der Waals surface area contributed by atoms with Gasteiger partial charge in [0, 0.05) is 13.1 Å². The lowest BCUT2D eigenvalue weighted by atomic mass is 9.74. The predicted molar refractivity (Wildman–Crippen MR) is 169 cm³/mol. The molecule has 0 aromatic rings. The Kier molecular flexibility index (Phi) is 17.0. The van der Waals surface area contributed by atoms with Gasteiger partial charge in [0.2, 0.25) is 23.6 Å². The highest BCUT2D eigenvalue weighted by Crippen LogP contribution is 2.53. The highest BCUT2D eigenvalue weighted by atomic mass is 31.1. The Labute approximate surface area is 262 Å². The number of amides is 4. The Bertz CT molecular complexity index is 916. The van der Waals surface area contributed by atoms with E-state index in [9.17, 15) is 38.8 Å². The third-order valence-corrected chi connectivity index (χ3v) is 10.0. The smallest absolute Gasteiger partial charge is 0.242 e. The molecule has 0 spiro atoms. The minimum atomic E-state index is -3.34. The molecule has 1 unspecified atom stereocenters. The van der Waals surface area contributed by atoms with Crippen molar-refractivity contribution in [1.82, 2.24) is 21.3 Å². The fourth-order valence-corrected chi connectivity index (χ4v) is 7.16. The van der Waals surface area contributed by atoms with Gasteiger partial charge in [0.15, 0.2) is 8.03 Å². The van der Waals surface area contributed by atoms with Crippen LogP contribution in [-0.2, 0) is 23.7 Å². The number of nitrogens with two attached hydrogens (primary N) is 2. The van der Waals surface area contributed by atoms with Crippen molar-refractivity contribution in [1.29, 1.82) is 0 Å². The van der Waals surface area contributed by atoms with E-state index in [2.05, 4.69) is 21.3 Å². The number of aliphatic hydroxyl groups is 2. The molecule has 4 amide bonds. The van der Waals surface area contributed by atoms with Gasteiger partial charge in [-0.25, -0.2) is 0 Å². The summed E-state index contributed by atoms with van der Waals surface area (Å²) in [7, 11) is -3.34. The fraction of sp³-hybridized carbons (Fsp3) is 0.862. The zero-order chi connectivity index (χ0) is 33.8. The van der Waals surface area contributed by atoms with E-state index in [-0.39, 0.29) is 43.7 Å². The van der Waals surface area contributed by atoms with Crippen LogP contribution in [0.3, 0.4) is 0 Å². The van der Waals surface area contributed by atoms with Crippen molar-refractivity contribution in [3.05, 3.63) is 0 Å². The van der Waals surface area contributed by atoms with Crippen LogP contribution in [0.5, 0.6) is 0 Å². The van der Waals surface area contributed by atoms with Crippen LogP contribution in [-0.4, -0.2) is 93.4 Å². The predicted octanol–water partition coefficient (Wildman–Crippen LogP) is -0.517. The lowest BCUT2D eigenvalue weighted by Gasteiger charge is -2.43. The first-order valence-corrected chi connectivity index (χ1v) is 17.0. The maximum absolute atomic E-state index is 13.1. The number of rotatable bonds is 18. The van der Waals surface area contributed by atoms with Gasteiger partial charge < -0.3 is 47.8 Å². The van der Waals surface area contributed by atoms with Crippen LogP contribution >= 0.6 is 8.03 Å². The van der Waals surface area contributed by atoms with Gasteiger partial charge in [-0.2, -0.15) is 0 Å². The monoisotopic (exact) mass is 648 g/mol. The molecule has 0 saturated heterocycles. The summed E-state index contributed by atoms with van der Waals surface area (Å²) in [6, 6.07) is -3.40. The Balaban J connectivity index is 3.04. The third-order valence-electron chi connectivity index (χ3n) is 8.36. The topological polar surface area (TPSA) is 246 Å². The van der Waals surface area contributed by atoms with E-state index in [1.165, 1.54) is 13.8 Å². The second-order valence-corrected chi connectivity index (χ2v) is 14.6. The average Bonchev–Trinajstić information content (AvgIpc) is 2.95. The van der Waals surface area contributed by atoms with E-state index < -0.39 is 73.2 Å². The first-order valence-electron chi connectivity index (χ1n) is 15.7. The van der Waals surface area contributed by atoms with Crippen LogP contribution in [0.1, 0.15) is 86.5 Å². The quantitative estimate of drug-likeness (QED) is 0.0861. The lowest BCUT2D eigenvalue weighted by molar-refractivity contribution is -0.130. The molecule has 44 heavy (non-hydrogen) atoms. The van der Waals surface area contributed by atoms with Crippen LogP contribution in [0.4, 0.5) is 0 Å². The molecule has 1 fully saturated rings. The minimum absolute atomic E-state index is 0.158. The highest BCUT2D eigenvalue weighted by Gasteiger charge is 2.46. The fourth-order valence-electron chi connectivity index (χ4n) is 5.70. The Hall–Kier alpha value is -2.09. The molecule has 0 radical (unpaired) electrons. The molecule has 1 aliphatic carbocycles. The van der Waals surface area contributed by atoms with Crippen molar-refractivity contribution >= 4 is 31.7 Å². The number of hydrogen-bond acceptors (Lipinski definition) is 9. The largest absolute Gasteiger partial charge is 0.391 e. The van der Waals surface area contributed by atoms with Crippen molar-refractivity contribution in [3.8, 4) is 0 Å². The van der Waals surface area contributed by atoms with Crippen molar-refractivity contribution in [2.45, 2.75) is 128 Å². The lowest BCUT2D eigenvalue weighted by Crippen LogP contribution is -2.55. The Morgan fingerprint density at radius 3 is 1.39 bits per heavy atom. The molecule has 0 heterocycles. The standard InChI is InChI=1S/C29H57N6O8P/c1-16(2)23(34-25(38)18(5)30)27(40)32-14-21(36)12-29(44(42)43,20-10-8-7-9-11-20)13-22(37)15-33-28(41)24(17(3)4)35-26(39)19(6)31/h16-24,36-37,44H,7-15,30-31H2,1-6H3,(H,32,40)(H,33,41)(H,34,38)(H,35,39)(H,42,43)/t18-,19-,21+,22+,23-,24-/m0/s1. The molecular formula is C29H57N6O8P. The van der Waals surface area contributed by atoms with E-state index in [0.717, 1.165) is 19.3 Å². The first kappa shape index (κ1) is 39.9. The number of nitrogens with one attached hydrogen (secondary N) is 4. The maximum atomic E-state index is 13.1. The Morgan fingerprint density at radius 2 is 1.09 bits per heavy atom. The number of aliphatic hydroxyl groups excluding tert-OH is 2. The van der Waals surface area contributed by atoms with E-state index in [0.29, 0.717) is 12.8 Å². The van der Waals surface area contributed by atoms with Gasteiger partial charge in [-0.3, -0.25) is 23.7 Å². The van der Waals surface area contributed by atoms with Crippen LogP contribution in [0.2, 0.25) is 0 Å². The van der Waals surface area contributed by atoms with Crippen LogP contribution in [0.15, 0.2) is 0 Å². The van der Waals surface area contributed by atoms with Gasteiger partial charge in [0.1, 0.15) is 12.1 Å². The summed E-state index contributed by atoms with van der Waals surface area (Å²) in [4.78, 5) is 60.7. The minimum Gasteiger partial charge on any atom is -0.391 e. The summed E-state index contributed by atoms with van der Waals surface area (Å²) in [6.07, 6.45) is 1.18. The molecule has 1 aliphatic rings. The maximum Gasteiger partial charge on any atom is 0.242 e. The van der Waals surface area contributed by atoms with Gasteiger partial charge >= 0.3 is 0 Å². The van der Waals surface area contributed by atoms with Crippen molar-refractivity contribution in [2.75, 3.05) is 13.1 Å². The summed E-state index contributed by atoms with van der Waals surface area (Å²) < 4.78 is 13.1. The number of carbonyl (C=O) groups excluding carboxylic acids is 4. The SMILES string of the molecule is CC(C)[C@H](NC(=O)[C@H](C)N)C(=O)NC[C@H](O)CC(C[C@@H](O)CNC(=O)[C@@H](NC(=O)[C@H](C)N)C(C)C)(C1CCCCC1)[PH](=O)O. The van der Waals surface area contributed by atoms with E-state index in [4.69, 9.17) is 11.5 Å². The molecule has 14 nitrogen and oxygen atoms in total. The van der Waals surface area contributed by atoms with Crippen LogP contribution in [0.25, 0.3) is 0 Å². The summed E-state index contributed by atoms with van der Waals surface area (Å²) >= 11 is 0. The second kappa shape index (κ2) is 18.8. The summed E-state index contributed by atoms with van der Waals surface area (Å²) in [6.45, 7) is 9.55. The first-order chi connectivity index (χ1) is 20.4. The number of carbonyl (C=O) groups is 4. The molecule has 0 aromatic carbocycles. The molecule has 1 rings (SSSR count). The molecule has 0 bridgehead atoms. The van der Waals surface area contributed by atoms with Gasteiger partial charge in [0.05, 0.1) is 29.4 Å². The van der Waals surface area contributed by atoms with Crippen molar-refractivity contribution < 1.29 is 38.8 Å². The normalized spacial score (nSPS) is 19.3. The van der Waals surface area contributed by atoms with Crippen molar-refractivity contribution in [3.63, 3.8) is 0 Å². The summed E-state index contributed by atoms with van der Waals surface area (Å²) in [5, 5.41) is 31.2.